The third kappa shape index (κ3) is 2.88. The lowest BCUT2D eigenvalue weighted by molar-refractivity contribution is -0.145. The largest absolute Gasteiger partial charge is 0.469 e. The zero-order valence-electron chi connectivity index (χ0n) is 10.3. The molecule has 0 aromatic heterocycles. The van der Waals surface area contributed by atoms with E-state index in [2.05, 4.69) is 0 Å². The Morgan fingerprint density at radius 3 is 2.56 bits per heavy atom. The van der Waals surface area contributed by atoms with Crippen LogP contribution in [0.3, 0.4) is 0 Å². The van der Waals surface area contributed by atoms with Crippen LogP contribution >= 0.6 is 0 Å². The Labute approximate surface area is 106 Å². The van der Waals surface area contributed by atoms with Crippen LogP contribution in [0, 0.1) is 5.92 Å². The summed E-state index contributed by atoms with van der Waals surface area (Å²) in [6.07, 6.45) is 1.82. The fraction of sp³-hybridized carbons (Fsp3) is 0.429. The lowest BCUT2D eigenvalue weighted by Gasteiger charge is -2.12. The molecule has 1 aromatic rings. The summed E-state index contributed by atoms with van der Waals surface area (Å²) in [7, 11) is 1.38. The molecule has 0 radical (unpaired) electrons. The maximum Gasteiger partial charge on any atom is 0.338 e. The zero-order valence-corrected chi connectivity index (χ0v) is 10.3. The predicted molar refractivity (Wildman–Crippen MR) is 65.0 cm³/mol. The van der Waals surface area contributed by atoms with Crippen molar-refractivity contribution in [2.45, 2.75) is 25.4 Å². The van der Waals surface area contributed by atoms with Crippen LogP contribution in [0.25, 0.3) is 0 Å². The zero-order chi connectivity index (χ0) is 13.0. The highest BCUT2D eigenvalue weighted by atomic mass is 16.5. The fourth-order valence-electron chi connectivity index (χ4n) is 2.22. The van der Waals surface area contributed by atoms with E-state index in [0.29, 0.717) is 12.0 Å². The molecular formula is C14H16O4. The monoisotopic (exact) mass is 248 g/mol. The van der Waals surface area contributed by atoms with E-state index >= 15 is 0 Å². The van der Waals surface area contributed by atoms with Crippen molar-refractivity contribution in [3.05, 3.63) is 35.9 Å². The second kappa shape index (κ2) is 5.67. The van der Waals surface area contributed by atoms with Crippen molar-refractivity contribution >= 4 is 11.9 Å². The van der Waals surface area contributed by atoms with E-state index in [1.807, 2.05) is 6.07 Å². The van der Waals surface area contributed by atoms with Crippen LogP contribution in [-0.4, -0.2) is 25.2 Å². The summed E-state index contributed by atoms with van der Waals surface area (Å²) in [6, 6.07) is 8.87. The van der Waals surface area contributed by atoms with Crippen LogP contribution in [0.2, 0.25) is 0 Å². The molecule has 4 heteroatoms. The van der Waals surface area contributed by atoms with Gasteiger partial charge in [-0.25, -0.2) is 4.79 Å². The molecule has 0 amide bonds. The third-order valence-corrected chi connectivity index (χ3v) is 3.20. The number of benzene rings is 1. The molecule has 0 N–H and O–H groups in total. The minimum atomic E-state index is -0.328. The molecule has 0 saturated heterocycles. The first kappa shape index (κ1) is 12.6. The molecule has 2 rings (SSSR count). The van der Waals surface area contributed by atoms with Gasteiger partial charge in [0.15, 0.2) is 0 Å². The molecule has 0 aliphatic heterocycles. The van der Waals surface area contributed by atoms with E-state index in [9.17, 15) is 9.59 Å². The Morgan fingerprint density at radius 2 is 1.89 bits per heavy atom. The first-order chi connectivity index (χ1) is 8.70. The van der Waals surface area contributed by atoms with Crippen molar-refractivity contribution in [3.8, 4) is 0 Å². The van der Waals surface area contributed by atoms with E-state index in [-0.39, 0.29) is 24.0 Å². The number of hydrogen-bond donors (Lipinski definition) is 0. The van der Waals surface area contributed by atoms with Gasteiger partial charge < -0.3 is 9.47 Å². The van der Waals surface area contributed by atoms with Crippen LogP contribution in [-0.2, 0) is 14.3 Å². The molecule has 4 nitrogen and oxygen atoms in total. The highest BCUT2D eigenvalue weighted by molar-refractivity contribution is 5.89. The molecular weight excluding hydrogens is 232 g/mol. The third-order valence-electron chi connectivity index (χ3n) is 3.20. The molecule has 18 heavy (non-hydrogen) atoms. The van der Waals surface area contributed by atoms with Crippen LogP contribution in [0.5, 0.6) is 0 Å². The first-order valence-electron chi connectivity index (χ1n) is 6.04. The van der Waals surface area contributed by atoms with Gasteiger partial charge in [-0.15, -0.1) is 0 Å². The summed E-state index contributed by atoms with van der Waals surface area (Å²) in [4.78, 5) is 23.2. The lowest BCUT2D eigenvalue weighted by atomic mass is 10.1. The summed E-state index contributed by atoms with van der Waals surface area (Å²) >= 11 is 0. The summed E-state index contributed by atoms with van der Waals surface area (Å²) in [6.45, 7) is 0. The van der Waals surface area contributed by atoms with Crippen molar-refractivity contribution in [2.75, 3.05) is 7.11 Å². The maximum absolute atomic E-state index is 11.8. The van der Waals surface area contributed by atoms with Gasteiger partial charge in [-0.2, -0.15) is 0 Å². The van der Waals surface area contributed by atoms with Gasteiger partial charge in [0.2, 0.25) is 0 Å². The summed E-state index contributed by atoms with van der Waals surface area (Å²) in [5.41, 5.74) is 0.541. The summed E-state index contributed by atoms with van der Waals surface area (Å²) in [5.74, 6) is -0.678. The molecule has 0 unspecified atom stereocenters. The second-order valence-corrected chi connectivity index (χ2v) is 4.43. The van der Waals surface area contributed by atoms with Crippen LogP contribution < -0.4 is 0 Å². The number of esters is 2. The number of carbonyl (C=O) groups is 2. The molecule has 0 heterocycles. The Hall–Kier alpha value is -1.84. The number of ether oxygens (including phenoxy) is 2. The van der Waals surface area contributed by atoms with E-state index in [1.165, 1.54) is 7.11 Å². The van der Waals surface area contributed by atoms with E-state index in [1.54, 1.807) is 24.3 Å². The average molecular weight is 248 g/mol. The van der Waals surface area contributed by atoms with Crippen molar-refractivity contribution in [1.82, 2.24) is 0 Å². The van der Waals surface area contributed by atoms with Crippen LogP contribution in [0.1, 0.15) is 29.6 Å². The van der Waals surface area contributed by atoms with Crippen molar-refractivity contribution in [1.29, 1.82) is 0 Å². The Balaban J connectivity index is 1.89. The van der Waals surface area contributed by atoms with Crippen molar-refractivity contribution in [3.63, 3.8) is 0 Å². The van der Waals surface area contributed by atoms with E-state index < -0.39 is 0 Å². The Bertz CT molecular complexity index is 427. The second-order valence-electron chi connectivity index (χ2n) is 4.43. The molecule has 2 atom stereocenters. The smallest absolute Gasteiger partial charge is 0.338 e. The van der Waals surface area contributed by atoms with Gasteiger partial charge in [-0.1, -0.05) is 18.2 Å². The van der Waals surface area contributed by atoms with Crippen molar-refractivity contribution < 1.29 is 19.1 Å². The van der Waals surface area contributed by atoms with Crippen molar-refractivity contribution in [2.24, 2.45) is 5.92 Å². The highest BCUT2D eigenvalue weighted by Gasteiger charge is 2.32. The van der Waals surface area contributed by atoms with Gasteiger partial charge in [0.05, 0.1) is 18.6 Å². The van der Waals surface area contributed by atoms with Gasteiger partial charge in [-0.05, 0) is 31.4 Å². The molecule has 1 fully saturated rings. The predicted octanol–water partition coefficient (Wildman–Crippen LogP) is 2.19. The van der Waals surface area contributed by atoms with E-state index in [4.69, 9.17) is 9.47 Å². The van der Waals surface area contributed by atoms with Gasteiger partial charge in [0.25, 0.3) is 0 Å². The van der Waals surface area contributed by atoms with Crippen LogP contribution in [0.15, 0.2) is 30.3 Å². The fourth-order valence-corrected chi connectivity index (χ4v) is 2.22. The molecule has 1 saturated carbocycles. The number of carbonyl (C=O) groups excluding carboxylic acids is 2. The van der Waals surface area contributed by atoms with E-state index in [0.717, 1.165) is 12.8 Å². The minimum Gasteiger partial charge on any atom is -0.469 e. The van der Waals surface area contributed by atoms with Gasteiger partial charge in [-0.3, -0.25) is 4.79 Å². The summed E-state index contributed by atoms with van der Waals surface area (Å²) < 4.78 is 10.1. The Kier molecular flexibility index (Phi) is 3.97. The van der Waals surface area contributed by atoms with Gasteiger partial charge in [0, 0.05) is 0 Å². The molecule has 1 aliphatic carbocycles. The normalized spacial score (nSPS) is 22.5. The summed E-state index contributed by atoms with van der Waals surface area (Å²) in [5, 5.41) is 0. The Morgan fingerprint density at radius 1 is 1.17 bits per heavy atom. The van der Waals surface area contributed by atoms with Crippen LogP contribution in [0.4, 0.5) is 0 Å². The quantitative estimate of drug-likeness (QED) is 0.769. The standard InChI is InChI=1S/C14H16O4/c1-17-13(15)11-7-8-12(9-11)18-14(16)10-5-3-2-4-6-10/h2-6,11-12H,7-9H2,1H3/t11-,12+/m0/s1. The number of rotatable bonds is 3. The minimum absolute atomic E-state index is 0.136. The van der Waals surface area contributed by atoms with Gasteiger partial charge >= 0.3 is 11.9 Å². The molecule has 0 bridgehead atoms. The number of methoxy groups -OCH3 is 1. The number of hydrogen-bond acceptors (Lipinski definition) is 4. The van der Waals surface area contributed by atoms with Gasteiger partial charge in [0.1, 0.15) is 6.10 Å². The molecule has 0 spiro atoms. The SMILES string of the molecule is COC(=O)[C@H]1CC[C@@H](OC(=O)c2ccccc2)C1. The highest BCUT2D eigenvalue weighted by Crippen LogP contribution is 2.29. The first-order valence-corrected chi connectivity index (χ1v) is 6.04. The maximum atomic E-state index is 11.8. The topological polar surface area (TPSA) is 52.6 Å². The molecule has 1 aliphatic rings. The lowest BCUT2D eigenvalue weighted by Crippen LogP contribution is -2.18. The molecule has 1 aromatic carbocycles. The average Bonchev–Trinajstić information content (AvgIpc) is 2.87. The molecule has 96 valence electrons.